The Kier molecular flexibility index (Phi) is 7.86. The molecule has 188 valence electrons. The van der Waals surface area contributed by atoms with Crippen molar-refractivity contribution in [3.8, 4) is 5.75 Å². The summed E-state index contributed by atoms with van der Waals surface area (Å²) in [7, 11) is 2.62. The Morgan fingerprint density at radius 2 is 1.65 bits per heavy atom. The highest BCUT2D eigenvalue weighted by atomic mass is 16.6. The Balaban J connectivity index is 1.64. The summed E-state index contributed by atoms with van der Waals surface area (Å²) in [5.41, 5.74) is -0.0590. The molecular weight excluding hydrogens is 444 g/mol. The predicted octanol–water partition coefficient (Wildman–Crippen LogP) is 2.91. The molecule has 11 heteroatoms. The highest BCUT2D eigenvalue weighted by Crippen LogP contribution is 2.37. The zero-order valence-corrected chi connectivity index (χ0v) is 20.5. The van der Waals surface area contributed by atoms with E-state index in [4.69, 9.17) is 14.2 Å². The third kappa shape index (κ3) is 5.88. The summed E-state index contributed by atoms with van der Waals surface area (Å²) in [5.74, 6) is -0.519. The molecule has 2 fully saturated rings. The molecule has 1 aromatic rings. The fourth-order valence-electron chi connectivity index (χ4n) is 4.47. The SMILES string of the molecule is COC(=O)c1cc([N+](=O)[O-])c(OC)cc1N1CCC(N2CCN(C(=O)OC(C)(C)C)CC2)CC1. The van der Waals surface area contributed by atoms with Gasteiger partial charge in [-0.3, -0.25) is 15.0 Å². The van der Waals surface area contributed by atoms with Gasteiger partial charge in [-0.2, -0.15) is 0 Å². The number of anilines is 1. The second-order valence-corrected chi connectivity index (χ2v) is 9.51. The Morgan fingerprint density at radius 1 is 1.03 bits per heavy atom. The van der Waals surface area contributed by atoms with E-state index < -0.39 is 16.5 Å². The third-order valence-corrected chi connectivity index (χ3v) is 6.19. The van der Waals surface area contributed by atoms with E-state index in [1.54, 1.807) is 11.0 Å². The Bertz CT molecular complexity index is 915. The number of carbonyl (C=O) groups is 2. The van der Waals surface area contributed by atoms with Gasteiger partial charge >= 0.3 is 17.7 Å². The van der Waals surface area contributed by atoms with Gasteiger partial charge < -0.3 is 24.0 Å². The summed E-state index contributed by atoms with van der Waals surface area (Å²) in [6.07, 6.45) is 1.46. The van der Waals surface area contributed by atoms with Gasteiger partial charge in [-0.25, -0.2) is 9.59 Å². The third-order valence-electron chi connectivity index (χ3n) is 6.19. The minimum Gasteiger partial charge on any atom is -0.490 e. The maximum atomic E-state index is 12.4. The predicted molar refractivity (Wildman–Crippen MR) is 126 cm³/mol. The Labute approximate surface area is 199 Å². The number of piperidine rings is 1. The zero-order chi connectivity index (χ0) is 25.0. The molecule has 1 aromatic carbocycles. The van der Waals surface area contributed by atoms with Crippen molar-refractivity contribution in [2.24, 2.45) is 0 Å². The van der Waals surface area contributed by atoms with Crippen LogP contribution in [-0.2, 0) is 9.47 Å². The molecule has 0 N–H and O–H groups in total. The number of nitrogens with zero attached hydrogens (tertiary/aromatic N) is 4. The second kappa shape index (κ2) is 10.5. The van der Waals surface area contributed by atoms with Crippen LogP contribution in [0.3, 0.4) is 0 Å². The Hall–Kier alpha value is -3.08. The fraction of sp³-hybridized carbons (Fsp3) is 0.652. The van der Waals surface area contributed by atoms with Crippen LogP contribution in [0.15, 0.2) is 12.1 Å². The molecule has 0 spiro atoms. The highest BCUT2D eigenvalue weighted by Gasteiger charge is 2.32. The van der Waals surface area contributed by atoms with Crippen LogP contribution in [-0.4, -0.2) is 91.9 Å². The zero-order valence-electron chi connectivity index (χ0n) is 20.5. The molecule has 0 unspecified atom stereocenters. The number of rotatable bonds is 5. The van der Waals surface area contributed by atoms with Gasteiger partial charge in [0, 0.05) is 57.4 Å². The lowest BCUT2D eigenvalue weighted by Crippen LogP contribution is -2.55. The number of amides is 1. The highest BCUT2D eigenvalue weighted by molar-refractivity contribution is 5.97. The van der Waals surface area contributed by atoms with Crippen molar-refractivity contribution in [3.05, 3.63) is 27.8 Å². The van der Waals surface area contributed by atoms with Crippen molar-refractivity contribution < 1.29 is 28.7 Å². The molecule has 2 aliphatic heterocycles. The van der Waals surface area contributed by atoms with E-state index >= 15 is 0 Å². The first kappa shape index (κ1) is 25.5. The molecule has 0 radical (unpaired) electrons. The van der Waals surface area contributed by atoms with E-state index in [1.165, 1.54) is 20.3 Å². The first-order valence-corrected chi connectivity index (χ1v) is 11.5. The van der Waals surface area contributed by atoms with Gasteiger partial charge in [-0.15, -0.1) is 0 Å². The number of ether oxygens (including phenoxy) is 3. The lowest BCUT2D eigenvalue weighted by Gasteiger charge is -2.43. The van der Waals surface area contributed by atoms with Gasteiger partial charge in [-0.05, 0) is 33.6 Å². The van der Waals surface area contributed by atoms with Crippen LogP contribution in [0.5, 0.6) is 5.75 Å². The quantitative estimate of drug-likeness (QED) is 0.358. The lowest BCUT2D eigenvalue weighted by molar-refractivity contribution is -0.385. The van der Waals surface area contributed by atoms with Crippen LogP contribution in [0.25, 0.3) is 0 Å². The largest absolute Gasteiger partial charge is 0.490 e. The second-order valence-electron chi connectivity index (χ2n) is 9.51. The number of nitro groups is 1. The van der Waals surface area contributed by atoms with Gasteiger partial charge in [0.1, 0.15) is 5.60 Å². The number of nitro benzene ring substituents is 1. The first-order valence-electron chi connectivity index (χ1n) is 11.5. The molecule has 2 aliphatic rings. The van der Waals surface area contributed by atoms with Gasteiger partial charge in [-0.1, -0.05) is 0 Å². The first-order chi connectivity index (χ1) is 16.0. The maximum absolute atomic E-state index is 12.4. The summed E-state index contributed by atoms with van der Waals surface area (Å²) < 4.78 is 15.6. The number of methoxy groups -OCH3 is 2. The van der Waals surface area contributed by atoms with Crippen molar-refractivity contribution in [2.75, 3.05) is 58.4 Å². The van der Waals surface area contributed by atoms with Crippen LogP contribution in [0.2, 0.25) is 0 Å². The van der Waals surface area contributed by atoms with Crippen molar-refractivity contribution in [1.29, 1.82) is 0 Å². The summed E-state index contributed by atoms with van der Waals surface area (Å²) in [6.45, 7) is 9.76. The van der Waals surface area contributed by atoms with E-state index in [2.05, 4.69) is 4.90 Å². The fourth-order valence-corrected chi connectivity index (χ4v) is 4.47. The molecule has 2 heterocycles. The van der Waals surface area contributed by atoms with Crippen molar-refractivity contribution in [1.82, 2.24) is 9.80 Å². The van der Waals surface area contributed by atoms with E-state index in [1.807, 2.05) is 25.7 Å². The molecule has 2 saturated heterocycles. The van der Waals surface area contributed by atoms with Gasteiger partial charge in [0.15, 0.2) is 5.75 Å². The molecule has 34 heavy (non-hydrogen) atoms. The standard InChI is InChI=1S/C23H34N4O7/c1-23(2,3)34-22(29)26-12-10-24(11-13-26)16-6-8-25(9-7-16)18-15-20(32-4)19(27(30)31)14-17(18)21(28)33-5/h14-16H,6-13H2,1-5H3. The smallest absolute Gasteiger partial charge is 0.410 e. The van der Waals surface area contributed by atoms with Crippen molar-refractivity contribution >= 4 is 23.4 Å². The van der Waals surface area contributed by atoms with E-state index in [0.717, 1.165) is 25.9 Å². The number of hydrogen-bond donors (Lipinski definition) is 0. The van der Waals surface area contributed by atoms with E-state index in [9.17, 15) is 19.7 Å². The van der Waals surface area contributed by atoms with E-state index in [0.29, 0.717) is 37.9 Å². The van der Waals surface area contributed by atoms with Crippen LogP contribution >= 0.6 is 0 Å². The van der Waals surface area contributed by atoms with Gasteiger partial charge in [0.2, 0.25) is 0 Å². The molecule has 11 nitrogen and oxygen atoms in total. The van der Waals surface area contributed by atoms with Crippen molar-refractivity contribution in [3.63, 3.8) is 0 Å². The molecule has 3 rings (SSSR count). The monoisotopic (exact) mass is 478 g/mol. The number of carbonyl (C=O) groups excluding carboxylic acids is 2. The summed E-state index contributed by atoms with van der Waals surface area (Å²) in [6, 6.07) is 3.13. The number of hydrogen-bond acceptors (Lipinski definition) is 9. The molecule has 1 amide bonds. The topological polar surface area (TPSA) is 115 Å². The number of benzene rings is 1. The Morgan fingerprint density at radius 3 is 2.15 bits per heavy atom. The van der Waals surface area contributed by atoms with Crippen molar-refractivity contribution in [2.45, 2.75) is 45.3 Å². The minimum atomic E-state index is -0.624. The van der Waals surface area contributed by atoms with E-state index in [-0.39, 0.29) is 23.1 Å². The molecule has 0 aromatic heterocycles. The average Bonchev–Trinajstić information content (AvgIpc) is 2.81. The molecule has 0 atom stereocenters. The molecular formula is C23H34N4O7. The molecule has 0 bridgehead atoms. The van der Waals surface area contributed by atoms with Gasteiger partial charge in [0.25, 0.3) is 0 Å². The summed E-state index contributed by atoms with van der Waals surface area (Å²) in [4.78, 5) is 41.7. The van der Waals surface area contributed by atoms with Crippen LogP contribution in [0.1, 0.15) is 44.0 Å². The summed E-state index contributed by atoms with van der Waals surface area (Å²) in [5, 5.41) is 11.4. The normalized spacial score (nSPS) is 17.9. The molecule has 0 saturated carbocycles. The molecule has 0 aliphatic carbocycles. The van der Waals surface area contributed by atoms with Crippen LogP contribution in [0, 0.1) is 10.1 Å². The van der Waals surface area contributed by atoms with Gasteiger partial charge in [0.05, 0.1) is 30.4 Å². The number of piperazine rings is 1. The minimum absolute atomic E-state index is 0.105. The van der Waals surface area contributed by atoms with Crippen LogP contribution < -0.4 is 9.64 Å². The average molecular weight is 479 g/mol. The maximum Gasteiger partial charge on any atom is 0.410 e. The number of esters is 1. The van der Waals surface area contributed by atoms with Crippen LogP contribution in [0.4, 0.5) is 16.2 Å². The lowest BCUT2D eigenvalue weighted by atomic mass is 10.00. The summed E-state index contributed by atoms with van der Waals surface area (Å²) >= 11 is 0.